The van der Waals surface area contributed by atoms with Crippen molar-refractivity contribution in [1.82, 2.24) is 15.1 Å². The van der Waals surface area contributed by atoms with E-state index in [1.54, 1.807) is 0 Å². The molecule has 1 N–H and O–H groups in total. The quantitative estimate of drug-likeness (QED) is 0.769. The van der Waals surface area contributed by atoms with Gasteiger partial charge >= 0.3 is 0 Å². The van der Waals surface area contributed by atoms with E-state index in [9.17, 15) is 0 Å². The molecule has 1 aromatic heterocycles. The summed E-state index contributed by atoms with van der Waals surface area (Å²) >= 11 is 0. The molecule has 1 aliphatic heterocycles. The molecule has 0 atom stereocenters. The van der Waals surface area contributed by atoms with Gasteiger partial charge in [-0.3, -0.25) is 4.68 Å². The summed E-state index contributed by atoms with van der Waals surface area (Å²) in [6.45, 7) is 7.55. The Morgan fingerprint density at radius 2 is 2.21 bits per heavy atom. The lowest BCUT2D eigenvalue weighted by atomic mass is 10.3. The minimum absolute atomic E-state index is 1.02. The summed E-state index contributed by atoms with van der Waals surface area (Å²) in [6.07, 6.45) is 5.26. The zero-order valence-electron chi connectivity index (χ0n) is 8.74. The molecule has 78 valence electrons. The number of piperazine rings is 1. The van der Waals surface area contributed by atoms with E-state index in [1.165, 1.54) is 5.69 Å². The van der Waals surface area contributed by atoms with Crippen molar-refractivity contribution in [3.8, 4) is 0 Å². The summed E-state index contributed by atoms with van der Waals surface area (Å²) < 4.78 is 2.03. The van der Waals surface area contributed by atoms with Crippen molar-refractivity contribution in [3.63, 3.8) is 0 Å². The molecule has 1 aliphatic rings. The van der Waals surface area contributed by atoms with Gasteiger partial charge in [0.05, 0.1) is 11.9 Å². The highest BCUT2D eigenvalue weighted by molar-refractivity contribution is 5.42. The molecule has 0 spiro atoms. The highest BCUT2D eigenvalue weighted by Crippen LogP contribution is 2.13. The molecule has 0 saturated carbocycles. The highest BCUT2D eigenvalue weighted by Gasteiger charge is 2.11. The average Bonchev–Trinajstić information content (AvgIpc) is 2.68. The van der Waals surface area contributed by atoms with E-state index < -0.39 is 0 Å². The number of anilines is 1. The van der Waals surface area contributed by atoms with Crippen LogP contribution in [0.3, 0.4) is 0 Å². The molecule has 1 aromatic rings. The van der Waals surface area contributed by atoms with Crippen LogP contribution in [0.4, 0.5) is 5.69 Å². The first-order chi connectivity index (χ1) is 6.90. The molecule has 1 fully saturated rings. The predicted molar refractivity (Wildman–Crippen MR) is 57.6 cm³/mol. The van der Waals surface area contributed by atoms with Crippen molar-refractivity contribution in [3.05, 3.63) is 12.4 Å². The summed E-state index contributed by atoms with van der Waals surface area (Å²) in [5.41, 5.74) is 1.26. The van der Waals surface area contributed by atoms with E-state index in [2.05, 4.69) is 28.4 Å². The zero-order chi connectivity index (χ0) is 9.80. The van der Waals surface area contributed by atoms with E-state index in [1.807, 2.05) is 10.9 Å². The van der Waals surface area contributed by atoms with Gasteiger partial charge in [0, 0.05) is 38.9 Å². The molecule has 1 saturated heterocycles. The second-order valence-electron chi connectivity index (χ2n) is 3.70. The van der Waals surface area contributed by atoms with Crippen molar-refractivity contribution < 1.29 is 0 Å². The minimum atomic E-state index is 1.02. The van der Waals surface area contributed by atoms with Crippen LogP contribution in [0.15, 0.2) is 12.4 Å². The lowest BCUT2D eigenvalue weighted by Crippen LogP contribution is -2.43. The molecule has 2 heterocycles. The van der Waals surface area contributed by atoms with Gasteiger partial charge in [-0.05, 0) is 6.42 Å². The summed E-state index contributed by atoms with van der Waals surface area (Å²) in [4.78, 5) is 2.38. The van der Waals surface area contributed by atoms with E-state index in [0.29, 0.717) is 0 Å². The average molecular weight is 194 g/mol. The summed E-state index contributed by atoms with van der Waals surface area (Å²) in [6, 6.07) is 0. The Morgan fingerprint density at radius 3 is 2.93 bits per heavy atom. The SMILES string of the molecule is CCCn1cc(N2CCNCC2)cn1. The van der Waals surface area contributed by atoms with Crippen LogP contribution < -0.4 is 10.2 Å². The topological polar surface area (TPSA) is 33.1 Å². The van der Waals surface area contributed by atoms with Gasteiger partial charge in [0.15, 0.2) is 0 Å². The van der Waals surface area contributed by atoms with Crippen LogP contribution in [-0.4, -0.2) is 36.0 Å². The van der Waals surface area contributed by atoms with Gasteiger partial charge in [0.2, 0.25) is 0 Å². The highest BCUT2D eigenvalue weighted by atomic mass is 15.3. The normalized spacial score (nSPS) is 17.4. The third-order valence-electron chi connectivity index (χ3n) is 2.55. The Hall–Kier alpha value is -1.03. The Kier molecular flexibility index (Phi) is 3.03. The van der Waals surface area contributed by atoms with Gasteiger partial charge in [-0.2, -0.15) is 5.10 Å². The van der Waals surface area contributed by atoms with Crippen molar-refractivity contribution in [2.75, 3.05) is 31.1 Å². The van der Waals surface area contributed by atoms with Crippen molar-refractivity contribution >= 4 is 5.69 Å². The maximum Gasteiger partial charge on any atom is 0.0753 e. The van der Waals surface area contributed by atoms with Gasteiger partial charge in [-0.15, -0.1) is 0 Å². The Labute approximate surface area is 84.9 Å². The summed E-state index contributed by atoms with van der Waals surface area (Å²) in [7, 11) is 0. The first-order valence-corrected chi connectivity index (χ1v) is 5.38. The fraction of sp³-hybridized carbons (Fsp3) is 0.700. The standard InChI is InChI=1S/C10H18N4/c1-2-5-14-9-10(8-12-14)13-6-3-11-4-7-13/h8-9,11H,2-7H2,1H3. The van der Waals surface area contributed by atoms with Gasteiger partial charge in [0.25, 0.3) is 0 Å². The Morgan fingerprint density at radius 1 is 1.43 bits per heavy atom. The second kappa shape index (κ2) is 4.46. The van der Waals surface area contributed by atoms with E-state index in [4.69, 9.17) is 0 Å². The Balaban J connectivity index is 2.00. The van der Waals surface area contributed by atoms with Crippen LogP contribution in [-0.2, 0) is 6.54 Å². The van der Waals surface area contributed by atoms with Gasteiger partial charge in [-0.25, -0.2) is 0 Å². The smallest absolute Gasteiger partial charge is 0.0753 e. The molecular formula is C10H18N4. The molecule has 14 heavy (non-hydrogen) atoms. The monoisotopic (exact) mass is 194 g/mol. The fourth-order valence-electron chi connectivity index (χ4n) is 1.79. The third-order valence-corrected chi connectivity index (χ3v) is 2.55. The van der Waals surface area contributed by atoms with E-state index in [0.717, 1.165) is 39.1 Å². The predicted octanol–water partition coefficient (Wildman–Crippen LogP) is 0.703. The molecule has 4 heteroatoms. The second-order valence-corrected chi connectivity index (χ2v) is 3.70. The minimum Gasteiger partial charge on any atom is -0.366 e. The zero-order valence-corrected chi connectivity index (χ0v) is 8.74. The number of aryl methyl sites for hydroxylation is 1. The largest absolute Gasteiger partial charge is 0.366 e. The number of rotatable bonds is 3. The molecule has 0 aliphatic carbocycles. The lowest BCUT2D eigenvalue weighted by molar-refractivity contribution is 0.586. The number of nitrogens with zero attached hydrogens (tertiary/aromatic N) is 3. The molecule has 0 unspecified atom stereocenters. The first kappa shape index (κ1) is 9.52. The number of hydrogen-bond donors (Lipinski definition) is 1. The van der Waals surface area contributed by atoms with Gasteiger partial charge in [-0.1, -0.05) is 6.92 Å². The van der Waals surface area contributed by atoms with Crippen molar-refractivity contribution in [2.24, 2.45) is 0 Å². The molecule has 0 aromatic carbocycles. The number of hydrogen-bond acceptors (Lipinski definition) is 3. The first-order valence-electron chi connectivity index (χ1n) is 5.38. The van der Waals surface area contributed by atoms with E-state index >= 15 is 0 Å². The molecule has 2 rings (SSSR count). The molecule has 0 radical (unpaired) electrons. The molecular weight excluding hydrogens is 176 g/mol. The maximum absolute atomic E-state index is 4.34. The maximum atomic E-state index is 4.34. The molecule has 4 nitrogen and oxygen atoms in total. The summed E-state index contributed by atoms with van der Waals surface area (Å²) in [5, 5.41) is 7.68. The van der Waals surface area contributed by atoms with Crippen LogP contribution in [0, 0.1) is 0 Å². The fourth-order valence-corrected chi connectivity index (χ4v) is 1.79. The van der Waals surface area contributed by atoms with Crippen LogP contribution in [0.1, 0.15) is 13.3 Å². The third kappa shape index (κ3) is 2.07. The van der Waals surface area contributed by atoms with Crippen LogP contribution in [0.2, 0.25) is 0 Å². The van der Waals surface area contributed by atoms with Gasteiger partial charge < -0.3 is 10.2 Å². The van der Waals surface area contributed by atoms with Crippen molar-refractivity contribution in [2.45, 2.75) is 19.9 Å². The molecule has 0 amide bonds. The van der Waals surface area contributed by atoms with Crippen LogP contribution >= 0.6 is 0 Å². The van der Waals surface area contributed by atoms with Crippen LogP contribution in [0.25, 0.3) is 0 Å². The number of aromatic nitrogens is 2. The van der Waals surface area contributed by atoms with Crippen molar-refractivity contribution in [1.29, 1.82) is 0 Å². The summed E-state index contributed by atoms with van der Waals surface area (Å²) in [5.74, 6) is 0. The molecule has 0 bridgehead atoms. The number of nitrogens with one attached hydrogen (secondary N) is 1. The Bertz CT molecular complexity index is 275. The van der Waals surface area contributed by atoms with Gasteiger partial charge in [0.1, 0.15) is 0 Å². The van der Waals surface area contributed by atoms with E-state index in [-0.39, 0.29) is 0 Å². The lowest BCUT2D eigenvalue weighted by Gasteiger charge is -2.27. The van der Waals surface area contributed by atoms with Crippen LogP contribution in [0.5, 0.6) is 0 Å².